The van der Waals surface area contributed by atoms with Crippen LogP contribution in [0.25, 0.3) is 0 Å². The van der Waals surface area contributed by atoms with Gasteiger partial charge in [-0.3, -0.25) is 5.32 Å². The maximum Gasteiger partial charge on any atom is 0.406 e. The first-order valence-electron chi connectivity index (χ1n) is 7.02. The number of rotatable bonds is 4. The molecule has 20 heavy (non-hydrogen) atoms. The van der Waals surface area contributed by atoms with Crippen molar-refractivity contribution in [1.82, 2.24) is 5.32 Å². The van der Waals surface area contributed by atoms with Gasteiger partial charge in [0.15, 0.2) is 0 Å². The average molecular weight is 285 g/mol. The van der Waals surface area contributed by atoms with Crippen molar-refractivity contribution in [2.75, 3.05) is 0 Å². The van der Waals surface area contributed by atoms with Crippen molar-refractivity contribution in [2.45, 2.75) is 57.8 Å². The molecule has 1 aromatic rings. The van der Waals surface area contributed by atoms with Crippen molar-refractivity contribution >= 4 is 0 Å². The molecule has 1 aliphatic carbocycles. The van der Waals surface area contributed by atoms with Gasteiger partial charge in [0.1, 0.15) is 5.54 Å². The smallest absolute Gasteiger partial charge is 0.297 e. The molecule has 112 valence electrons. The van der Waals surface area contributed by atoms with Crippen LogP contribution >= 0.6 is 0 Å². The third-order valence-electron chi connectivity index (χ3n) is 3.76. The van der Waals surface area contributed by atoms with E-state index in [0.29, 0.717) is 6.42 Å². The summed E-state index contributed by atoms with van der Waals surface area (Å²) in [5.41, 5.74) is -0.772. The van der Waals surface area contributed by atoms with E-state index in [1.165, 1.54) is 0 Å². The Morgan fingerprint density at radius 2 is 1.65 bits per heavy atom. The van der Waals surface area contributed by atoms with E-state index in [1.54, 1.807) is 0 Å². The second kappa shape index (κ2) is 5.06. The minimum Gasteiger partial charge on any atom is -0.297 e. The first kappa shape index (κ1) is 15.4. The standard InChI is InChI=1S/C16H22F3N/c1-14(2,3)11-13(12-7-5-4-6-8-12)20-15(9-10-15)16(17,18)19/h4-8,13,20H,9-11H2,1-3H3. The van der Waals surface area contributed by atoms with E-state index in [0.717, 1.165) is 5.56 Å². The zero-order valence-electron chi connectivity index (χ0n) is 12.2. The van der Waals surface area contributed by atoms with Gasteiger partial charge in [-0.25, -0.2) is 0 Å². The summed E-state index contributed by atoms with van der Waals surface area (Å²) < 4.78 is 39.4. The van der Waals surface area contributed by atoms with Crippen LogP contribution in [0.2, 0.25) is 0 Å². The topological polar surface area (TPSA) is 12.0 Å². The zero-order valence-corrected chi connectivity index (χ0v) is 12.2. The number of hydrogen-bond donors (Lipinski definition) is 1. The molecule has 0 amide bonds. The molecule has 4 heteroatoms. The molecule has 1 N–H and O–H groups in total. The van der Waals surface area contributed by atoms with Crippen molar-refractivity contribution in [1.29, 1.82) is 0 Å². The largest absolute Gasteiger partial charge is 0.406 e. The Morgan fingerprint density at radius 3 is 2.05 bits per heavy atom. The Bertz CT molecular complexity index is 441. The van der Waals surface area contributed by atoms with Crippen LogP contribution in [-0.4, -0.2) is 11.7 Å². The van der Waals surface area contributed by atoms with E-state index >= 15 is 0 Å². The highest BCUT2D eigenvalue weighted by Crippen LogP contribution is 2.51. The molecule has 0 heterocycles. The molecule has 0 bridgehead atoms. The fourth-order valence-electron chi connectivity index (χ4n) is 2.52. The first-order valence-corrected chi connectivity index (χ1v) is 7.02. The Balaban J connectivity index is 2.20. The fourth-order valence-corrected chi connectivity index (χ4v) is 2.52. The van der Waals surface area contributed by atoms with E-state index in [4.69, 9.17) is 0 Å². The molecule has 1 saturated carbocycles. The van der Waals surface area contributed by atoms with Gasteiger partial charge >= 0.3 is 6.18 Å². The monoisotopic (exact) mass is 285 g/mol. The van der Waals surface area contributed by atoms with Crippen molar-refractivity contribution in [3.05, 3.63) is 35.9 Å². The van der Waals surface area contributed by atoms with E-state index in [1.807, 2.05) is 30.3 Å². The highest BCUT2D eigenvalue weighted by Gasteiger charge is 2.63. The molecule has 1 aliphatic rings. The highest BCUT2D eigenvalue weighted by molar-refractivity contribution is 5.22. The summed E-state index contributed by atoms with van der Waals surface area (Å²) in [7, 11) is 0. The summed E-state index contributed by atoms with van der Waals surface area (Å²) in [5.74, 6) is 0. The van der Waals surface area contributed by atoms with Crippen LogP contribution in [0, 0.1) is 5.41 Å². The van der Waals surface area contributed by atoms with Gasteiger partial charge in [-0.05, 0) is 30.2 Å². The van der Waals surface area contributed by atoms with Crippen molar-refractivity contribution in [3.63, 3.8) is 0 Å². The molecule has 2 rings (SSSR count). The van der Waals surface area contributed by atoms with Gasteiger partial charge in [0.2, 0.25) is 0 Å². The third-order valence-corrected chi connectivity index (χ3v) is 3.76. The van der Waals surface area contributed by atoms with Crippen LogP contribution in [0.5, 0.6) is 0 Å². The van der Waals surface area contributed by atoms with Crippen LogP contribution in [0.3, 0.4) is 0 Å². The molecule has 1 atom stereocenters. The van der Waals surface area contributed by atoms with Crippen molar-refractivity contribution in [2.24, 2.45) is 5.41 Å². The van der Waals surface area contributed by atoms with Crippen LogP contribution in [0.4, 0.5) is 13.2 Å². The summed E-state index contributed by atoms with van der Waals surface area (Å²) in [4.78, 5) is 0. The number of alkyl halides is 3. The molecule has 1 unspecified atom stereocenters. The van der Waals surface area contributed by atoms with E-state index in [9.17, 15) is 13.2 Å². The zero-order chi connectivity index (χ0) is 15.0. The second-order valence-corrected chi connectivity index (χ2v) is 6.95. The van der Waals surface area contributed by atoms with Gasteiger partial charge in [-0.2, -0.15) is 13.2 Å². The van der Waals surface area contributed by atoms with Crippen LogP contribution in [0.1, 0.15) is 51.6 Å². The van der Waals surface area contributed by atoms with Gasteiger partial charge < -0.3 is 0 Å². The molecule has 1 nitrogen and oxygen atoms in total. The lowest BCUT2D eigenvalue weighted by atomic mass is 9.85. The molecule has 1 fully saturated rings. The van der Waals surface area contributed by atoms with Gasteiger partial charge in [0.25, 0.3) is 0 Å². The Labute approximate surface area is 118 Å². The van der Waals surface area contributed by atoms with Crippen molar-refractivity contribution < 1.29 is 13.2 Å². The minimum absolute atomic E-state index is 0.0326. The minimum atomic E-state index is -4.17. The molecular formula is C16H22F3N. The number of nitrogens with one attached hydrogen (secondary N) is 1. The van der Waals surface area contributed by atoms with Gasteiger partial charge in [0.05, 0.1) is 0 Å². The van der Waals surface area contributed by atoms with E-state index in [2.05, 4.69) is 26.1 Å². The molecule has 0 saturated heterocycles. The normalized spacial score (nSPS) is 19.7. The summed E-state index contributed by atoms with van der Waals surface area (Å²) >= 11 is 0. The summed E-state index contributed by atoms with van der Waals surface area (Å²) in [6, 6.07) is 9.17. The predicted octanol–water partition coefficient (Wildman–Crippen LogP) is 4.85. The maximum atomic E-state index is 13.1. The molecule has 0 aliphatic heterocycles. The highest BCUT2D eigenvalue weighted by atomic mass is 19.4. The van der Waals surface area contributed by atoms with Gasteiger partial charge in [-0.15, -0.1) is 0 Å². The third kappa shape index (κ3) is 3.54. The van der Waals surface area contributed by atoms with E-state index in [-0.39, 0.29) is 24.3 Å². The lowest BCUT2D eigenvalue weighted by Crippen LogP contribution is -2.47. The van der Waals surface area contributed by atoms with Crippen LogP contribution < -0.4 is 5.32 Å². The molecule has 0 aromatic heterocycles. The number of benzene rings is 1. The lowest BCUT2D eigenvalue weighted by molar-refractivity contribution is -0.168. The lowest BCUT2D eigenvalue weighted by Gasteiger charge is -2.32. The summed E-state index contributed by atoms with van der Waals surface area (Å²) in [6.45, 7) is 6.16. The quantitative estimate of drug-likeness (QED) is 0.834. The van der Waals surface area contributed by atoms with Crippen molar-refractivity contribution in [3.8, 4) is 0 Å². The Kier molecular flexibility index (Phi) is 3.89. The van der Waals surface area contributed by atoms with Crippen LogP contribution in [0.15, 0.2) is 30.3 Å². The molecule has 0 spiro atoms. The summed E-state index contributed by atoms with van der Waals surface area (Å²) in [5, 5.41) is 2.89. The number of hydrogen-bond acceptors (Lipinski definition) is 1. The molecule has 1 aromatic carbocycles. The fraction of sp³-hybridized carbons (Fsp3) is 0.625. The molecule has 0 radical (unpaired) electrons. The maximum absolute atomic E-state index is 13.1. The van der Waals surface area contributed by atoms with Gasteiger partial charge in [0, 0.05) is 6.04 Å². The second-order valence-electron chi connectivity index (χ2n) is 6.95. The predicted molar refractivity (Wildman–Crippen MR) is 74.4 cm³/mol. The average Bonchev–Trinajstić information content (AvgIpc) is 3.08. The SMILES string of the molecule is CC(C)(C)CC(NC1(C(F)(F)F)CC1)c1ccccc1. The molecular weight excluding hydrogens is 263 g/mol. The summed E-state index contributed by atoms with van der Waals surface area (Å²) in [6.07, 6.45) is -3.12. The first-order chi connectivity index (χ1) is 9.13. The van der Waals surface area contributed by atoms with Crippen LogP contribution in [-0.2, 0) is 0 Å². The number of halogens is 3. The van der Waals surface area contributed by atoms with E-state index < -0.39 is 11.7 Å². The Morgan fingerprint density at radius 1 is 1.10 bits per heavy atom. The Hall–Kier alpha value is -1.03. The van der Waals surface area contributed by atoms with Gasteiger partial charge in [-0.1, -0.05) is 51.1 Å².